The van der Waals surface area contributed by atoms with E-state index >= 15 is 0 Å². The van der Waals surface area contributed by atoms with E-state index in [1.54, 1.807) is 20.2 Å². The van der Waals surface area contributed by atoms with Crippen molar-refractivity contribution in [1.29, 1.82) is 0 Å². The zero-order valence-corrected chi connectivity index (χ0v) is 13.6. The summed E-state index contributed by atoms with van der Waals surface area (Å²) in [5.74, 6) is 3.19. The molecule has 2 aromatic heterocycles. The van der Waals surface area contributed by atoms with Crippen molar-refractivity contribution in [2.45, 2.75) is 46.2 Å². The number of nitrogens with one attached hydrogen (secondary N) is 2. The van der Waals surface area contributed by atoms with E-state index < -0.39 is 0 Å². The molecule has 120 valence electrons. The Kier molecular flexibility index (Phi) is 4.79. The second-order valence-corrected chi connectivity index (χ2v) is 5.88. The van der Waals surface area contributed by atoms with Crippen LogP contribution in [0.15, 0.2) is 20.1 Å². The molecule has 0 bridgehead atoms. The summed E-state index contributed by atoms with van der Waals surface area (Å²) in [7, 11) is 1.69. The van der Waals surface area contributed by atoms with E-state index in [0.717, 1.165) is 5.76 Å². The lowest BCUT2D eigenvalue weighted by atomic mass is 9.94. The van der Waals surface area contributed by atoms with Gasteiger partial charge in [-0.25, -0.2) is 4.98 Å². The smallest absolute Gasteiger partial charge is 0.223 e. The predicted molar refractivity (Wildman–Crippen MR) is 81.3 cm³/mol. The third kappa shape index (κ3) is 4.31. The van der Waals surface area contributed by atoms with Crippen LogP contribution < -0.4 is 10.6 Å². The molecule has 22 heavy (non-hydrogen) atoms. The minimum absolute atomic E-state index is 0.0539. The van der Waals surface area contributed by atoms with Crippen LogP contribution in [0.2, 0.25) is 0 Å². The zero-order chi connectivity index (χ0) is 16.2. The van der Waals surface area contributed by atoms with Crippen molar-refractivity contribution in [3.8, 4) is 0 Å². The van der Waals surface area contributed by atoms with E-state index in [1.807, 2.05) is 0 Å². The molecule has 0 aliphatic heterocycles. The van der Waals surface area contributed by atoms with Gasteiger partial charge in [0, 0.05) is 19.4 Å². The highest BCUT2D eigenvalue weighted by molar-refractivity contribution is 5.79. The second-order valence-electron chi connectivity index (χ2n) is 5.88. The average molecular weight is 306 g/mol. The van der Waals surface area contributed by atoms with Crippen molar-refractivity contribution >= 4 is 5.96 Å². The predicted octanol–water partition coefficient (Wildman–Crippen LogP) is 1.53. The quantitative estimate of drug-likeness (QED) is 0.652. The van der Waals surface area contributed by atoms with E-state index in [9.17, 15) is 0 Å². The number of rotatable bonds is 4. The molecule has 2 heterocycles. The van der Waals surface area contributed by atoms with Gasteiger partial charge in [0.15, 0.2) is 11.8 Å². The first-order valence-electron chi connectivity index (χ1n) is 7.07. The third-order valence-corrected chi connectivity index (χ3v) is 2.91. The maximum atomic E-state index is 5.71. The van der Waals surface area contributed by atoms with Crippen LogP contribution >= 0.6 is 0 Å². The highest BCUT2D eigenvalue weighted by Crippen LogP contribution is 2.22. The first-order valence-corrected chi connectivity index (χ1v) is 7.07. The highest BCUT2D eigenvalue weighted by atomic mass is 16.5. The van der Waals surface area contributed by atoms with E-state index in [0.29, 0.717) is 36.7 Å². The summed E-state index contributed by atoms with van der Waals surface area (Å²) in [6.07, 6.45) is 1.76. The number of nitrogens with zero attached hydrogens (tertiary/aromatic N) is 4. The maximum Gasteiger partial charge on any atom is 0.223 e. The molecular weight excluding hydrogens is 284 g/mol. The number of oxazole rings is 1. The fraction of sp³-hybridized carbons (Fsp3) is 0.571. The molecule has 2 rings (SSSR count). The molecule has 0 aliphatic carbocycles. The lowest BCUT2D eigenvalue weighted by Gasteiger charge is -2.13. The Balaban J connectivity index is 1.85. The molecule has 0 atom stereocenters. The van der Waals surface area contributed by atoms with Gasteiger partial charge in [0.25, 0.3) is 0 Å². The minimum Gasteiger partial charge on any atom is -0.443 e. The molecule has 0 saturated carbocycles. The van der Waals surface area contributed by atoms with Gasteiger partial charge in [0.05, 0.1) is 19.3 Å². The van der Waals surface area contributed by atoms with Crippen LogP contribution in [0.4, 0.5) is 0 Å². The summed E-state index contributed by atoms with van der Waals surface area (Å²) in [6, 6.07) is 0. The van der Waals surface area contributed by atoms with Gasteiger partial charge >= 0.3 is 0 Å². The number of aromatic nitrogens is 3. The SMILES string of the molecule is CN=C(NCc1noc(C)n1)NCc1ncc(C(C)(C)C)o1. The monoisotopic (exact) mass is 306 g/mol. The lowest BCUT2D eigenvalue weighted by Crippen LogP contribution is -2.36. The third-order valence-electron chi connectivity index (χ3n) is 2.91. The highest BCUT2D eigenvalue weighted by Gasteiger charge is 2.19. The van der Waals surface area contributed by atoms with Gasteiger partial charge in [0.2, 0.25) is 11.8 Å². The summed E-state index contributed by atoms with van der Waals surface area (Å²) in [5, 5.41) is 10.0. The van der Waals surface area contributed by atoms with Gasteiger partial charge < -0.3 is 19.6 Å². The minimum atomic E-state index is -0.0539. The molecule has 0 saturated heterocycles. The van der Waals surface area contributed by atoms with Crippen LogP contribution in [0.3, 0.4) is 0 Å². The molecule has 0 fully saturated rings. The maximum absolute atomic E-state index is 5.71. The molecule has 0 unspecified atom stereocenters. The molecule has 0 radical (unpaired) electrons. The molecule has 0 aromatic carbocycles. The summed E-state index contributed by atoms with van der Waals surface area (Å²) >= 11 is 0. The van der Waals surface area contributed by atoms with Crippen molar-refractivity contribution in [2.24, 2.45) is 4.99 Å². The van der Waals surface area contributed by atoms with E-state index in [-0.39, 0.29) is 5.41 Å². The second kappa shape index (κ2) is 6.59. The van der Waals surface area contributed by atoms with Crippen LogP contribution in [0.25, 0.3) is 0 Å². The molecule has 0 spiro atoms. The van der Waals surface area contributed by atoms with Crippen LogP contribution in [0.5, 0.6) is 0 Å². The normalized spacial score (nSPS) is 12.5. The van der Waals surface area contributed by atoms with Crippen molar-refractivity contribution < 1.29 is 8.94 Å². The van der Waals surface area contributed by atoms with Gasteiger partial charge in [-0.15, -0.1) is 0 Å². The summed E-state index contributed by atoms with van der Waals surface area (Å²) < 4.78 is 10.6. The summed E-state index contributed by atoms with van der Waals surface area (Å²) in [6.45, 7) is 8.87. The molecule has 8 heteroatoms. The van der Waals surface area contributed by atoms with Crippen molar-refractivity contribution in [1.82, 2.24) is 25.8 Å². The number of aryl methyl sites for hydroxylation is 1. The Morgan fingerprint density at radius 1 is 1.27 bits per heavy atom. The molecule has 2 N–H and O–H groups in total. The van der Waals surface area contributed by atoms with Crippen LogP contribution in [0.1, 0.15) is 44.1 Å². The van der Waals surface area contributed by atoms with Gasteiger partial charge in [-0.3, -0.25) is 4.99 Å². The Labute approximate surface area is 129 Å². The van der Waals surface area contributed by atoms with Crippen molar-refractivity contribution in [2.75, 3.05) is 7.05 Å². The molecule has 0 amide bonds. The summed E-state index contributed by atoms with van der Waals surface area (Å²) in [5.41, 5.74) is -0.0539. The number of hydrogen-bond donors (Lipinski definition) is 2. The van der Waals surface area contributed by atoms with Crippen LogP contribution in [-0.2, 0) is 18.5 Å². The summed E-state index contributed by atoms with van der Waals surface area (Å²) in [4.78, 5) is 12.5. The first kappa shape index (κ1) is 16.0. The number of hydrogen-bond acceptors (Lipinski definition) is 6. The molecule has 8 nitrogen and oxygen atoms in total. The van der Waals surface area contributed by atoms with Crippen LogP contribution in [0, 0.1) is 6.92 Å². The van der Waals surface area contributed by atoms with E-state index in [1.165, 1.54) is 0 Å². The van der Waals surface area contributed by atoms with Gasteiger partial charge in [-0.05, 0) is 0 Å². The van der Waals surface area contributed by atoms with E-state index in [2.05, 4.69) is 51.5 Å². The van der Waals surface area contributed by atoms with E-state index in [4.69, 9.17) is 8.94 Å². The molecule has 0 aliphatic rings. The number of guanidine groups is 1. The van der Waals surface area contributed by atoms with Gasteiger partial charge in [-0.1, -0.05) is 25.9 Å². The fourth-order valence-corrected chi connectivity index (χ4v) is 1.69. The topological polar surface area (TPSA) is 101 Å². The Morgan fingerprint density at radius 2 is 2.00 bits per heavy atom. The first-order chi connectivity index (χ1) is 10.4. The average Bonchev–Trinajstić information content (AvgIpc) is 3.07. The fourth-order valence-electron chi connectivity index (χ4n) is 1.69. The number of aliphatic imine (C=N–C) groups is 1. The molecular formula is C14H22N6O2. The zero-order valence-electron chi connectivity index (χ0n) is 13.6. The largest absolute Gasteiger partial charge is 0.443 e. The van der Waals surface area contributed by atoms with Gasteiger partial charge in [0.1, 0.15) is 5.76 Å². The Hall–Kier alpha value is -2.38. The van der Waals surface area contributed by atoms with Gasteiger partial charge in [-0.2, -0.15) is 4.98 Å². The standard InChI is InChI=1S/C14H22N6O2/c1-9-19-11(20-22-9)7-17-13(15-5)18-8-12-16-6-10(21-12)14(2,3)4/h6H,7-8H2,1-5H3,(H2,15,17,18). The Morgan fingerprint density at radius 3 is 2.55 bits per heavy atom. The van der Waals surface area contributed by atoms with Crippen molar-refractivity contribution in [3.63, 3.8) is 0 Å². The lowest BCUT2D eigenvalue weighted by molar-refractivity contribution is 0.379. The van der Waals surface area contributed by atoms with Crippen molar-refractivity contribution in [3.05, 3.63) is 29.6 Å². The Bertz CT molecular complexity index is 638. The van der Waals surface area contributed by atoms with Crippen LogP contribution in [-0.4, -0.2) is 28.1 Å². The molecule has 2 aromatic rings.